The Morgan fingerprint density at radius 1 is 1.50 bits per heavy atom. The van der Waals surface area contributed by atoms with Crippen LogP contribution in [0.4, 0.5) is 5.69 Å². The van der Waals surface area contributed by atoms with Crippen molar-refractivity contribution < 1.29 is 14.4 Å². The summed E-state index contributed by atoms with van der Waals surface area (Å²) in [7, 11) is 0. The van der Waals surface area contributed by atoms with Gasteiger partial charge in [0.05, 0.1) is 5.56 Å². The molecule has 0 aliphatic heterocycles. The third kappa shape index (κ3) is 2.76. The summed E-state index contributed by atoms with van der Waals surface area (Å²) in [5, 5.41) is 15.4. The summed E-state index contributed by atoms with van der Waals surface area (Å²) in [6, 6.07) is 4.21. The predicted octanol–water partition coefficient (Wildman–Crippen LogP) is 0.330. The third-order valence-corrected chi connectivity index (χ3v) is 2.31. The van der Waals surface area contributed by atoms with Crippen molar-refractivity contribution in [1.82, 2.24) is 15.5 Å². The number of hydrogen-bond donors (Lipinski definition) is 3. The zero-order valence-corrected chi connectivity index (χ0v) is 9.46. The smallest absolute Gasteiger partial charge is 0.253 e. The third-order valence-electron chi connectivity index (χ3n) is 2.31. The van der Waals surface area contributed by atoms with Gasteiger partial charge in [0.2, 0.25) is 5.89 Å². The Kier molecular flexibility index (Phi) is 3.42. The van der Waals surface area contributed by atoms with Crippen molar-refractivity contribution in [2.45, 2.75) is 6.42 Å². The van der Waals surface area contributed by atoms with E-state index < -0.39 is 0 Å². The van der Waals surface area contributed by atoms with Crippen molar-refractivity contribution in [3.8, 4) is 5.75 Å². The van der Waals surface area contributed by atoms with Crippen LogP contribution in [-0.4, -0.2) is 27.7 Å². The normalized spacial score (nSPS) is 10.2. The average molecular weight is 248 g/mol. The minimum atomic E-state index is -0.358. The molecule has 0 aliphatic carbocycles. The zero-order chi connectivity index (χ0) is 13.0. The molecule has 0 saturated carbocycles. The summed E-state index contributed by atoms with van der Waals surface area (Å²) < 4.78 is 4.79. The highest BCUT2D eigenvalue weighted by atomic mass is 16.5. The van der Waals surface area contributed by atoms with Gasteiger partial charge < -0.3 is 20.7 Å². The summed E-state index contributed by atoms with van der Waals surface area (Å²) in [4.78, 5) is 15.6. The van der Waals surface area contributed by atoms with Crippen molar-refractivity contribution in [2.75, 3.05) is 12.3 Å². The number of nitrogens with one attached hydrogen (secondary N) is 1. The fourth-order valence-corrected chi connectivity index (χ4v) is 1.43. The van der Waals surface area contributed by atoms with E-state index in [1.165, 1.54) is 24.5 Å². The molecule has 0 bridgehead atoms. The van der Waals surface area contributed by atoms with E-state index in [9.17, 15) is 9.90 Å². The van der Waals surface area contributed by atoms with Crippen molar-refractivity contribution in [1.29, 1.82) is 0 Å². The fraction of sp³-hybridized carbons (Fsp3) is 0.182. The highest BCUT2D eigenvalue weighted by Crippen LogP contribution is 2.18. The number of anilines is 1. The quantitative estimate of drug-likeness (QED) is 0.530. The van der Waals surface area contributed by atoms with Crippen LogP contribution in [0.15, 0.2) is 29.0 Å². The van der Waals surface area contributed by atoms with Crippen LogP contribution < -0.4 is 11.1 Å². The molecule has 7 nitrogen and oxygen atoms in total. The second kappa shape index (κ2) is 5.17. The largest absolute Gasteiger partial charge is 0.508 e. The SMILES string of the molecule is Nc1ccc(O)cc1C(=O)NCCc1ncno1. The highest BCUT2D eigenvalue weighted by Gasteiger charge is 2.10. The summed E-state index contributed by atoms with van der Waals surface area (Å²) in [5.41, 5.74) is 6.19. The number of aromatic hydroxyl groups is 1. The number of hydrogen-bond acceptors (Lipinski definition) is 6. The van der Waals surface area contributed by atoms with Gasteiger partial charge in [-0.2, -0.15) is 4.98 Å². The standard InChI is InChI=1S/C11H12N4O3/c12-9-2-1-7(16)5-8(9)11(17)13-4-3-10-14-6-15-18-10/h1-2,5-6,16H,3-4,12H2,(H,13,17). The molecule has 2 rings (SSSR count). The molecule has 2 aromatic rings. The first-order valence-electron chi connectivity index (χ1n) is 5.29. The minimum Gasteiger partial charge on any atom is -0.508 e. The first kappa shape index (κ1) is 11.9. The number of benzene rings is 1. The maximum absolute atomic E-state index is 11.8. The summed E-state index contributed by atoms with van der Waals surface area (Å²) in [6.07, 6.45) is 1.73. The van der Waals surface area contributed by atoms with Crippen LogP contribution in [0, 0.1) is 0 Å². The number of carbonyl (C=O) groups is 1. The number of aromatic nitrogens is 2. The van der Waals surface area contributed by atoms with Crippen LogP contribution in [0.3, 0.4) is 0 Å². The van der Waals surface area contributed by atoms with E-state index in [2.05, 4.69) is 15.5 Å². The van der Waals surface area contributed by atoms with E-state index in [1.807, 2.05) is 0 Å². The van der Waals surface area contributed by atoms with Crippen LogP contribution in [0.25, 0.3) is 0 Å². The number of carbonyl (C=O) groups excluding carboxylic acids is 1. The lowest BCUT2D eigenvalue weighted by atomic mass is 10.1. The number of phenolic OH excluding ortho intramolecular Hbond substituents is 1. The Morgan fingerprint density at radius 2 is 2.33 bits per heavy atom. The van der Waals surface area contributed by atoms with E-state index >= 15 is 0 Å². The zero-order valence-electron chi connectivity index (χ0n) is 9.46. The number of nitrogen functional groups attached to an aromatic ring is 1. The Hall–Kier alpha value is -2.57. The molecule has 4 N–H and O–H groups in total. The van der Waals surface area contributed by atoms with Gasteiger partial charge in [0, 0.05) is 18.7 Å². The number of nitrogens with two attached hydrogens (primary N) is 1. The Labute approximate surface area is 103 Å². The predicted molar refractivity (Wildman–Crippen MR) is 62.9 cm³/mol. The van der Waals surface area contributed by atoms with Gasteiger partial charge in [-0.1, -0.05) is 5.16 Å². The fourth-order valence-electron chi connectivity index (χ4n) is 1.43. The average Bonchev–Trinajstić information content (AvgIpc) is 2.85. The second-order valence-electron chi connectivity index (χ2n) is 3.61. The molecule has 94 valence electrons. The summed E-state index contributed by atoms with van der Waals surface area (Å²) >= 11 is 0. The Morgan fingerprint density at radius 3 is 3.06 bits per heavy atom. The molecule has 0 unspecified atom stereocenters. The molecule has 1 heterocycles. The van der Waals surface area contributed by atoms with Crippen LogP contribution in [0.1, 0.15) is 16.2 Å². The molecular weight excluding hydrogens is 236 g/mol. The molecular formula is C11H12N4O3. The van der Waals surface area contributed by atoms with E-state index in [0.717, 1.165) is 0 Å². The Balaban J connectivity index is 1.93. The topological polar surface area (TPSA) is 114 Å². The molecule has 1 amide bonds. The summed E-state index contributed by atoms with van der Waals surface area (Å²) in [6.45, 7) is 0.343. The lowest BCUT2D eigenvalue weighted by Crippen LogP contribution is -2.26. The van der Waals surface area contributed by atoms with Gasteiger partial charge in [0.25, 0.3) is 5.91 Å². The number of nitrogens with zero attached hydrogens (tertiary/aromatic N) is 2. The Bertz CT molecular complexity index is 539. The van der Waals surface area contributed by atoms with Crippen LogP contribution >= 0.6 is 0 Å². The lowest BCUT2D eigenvalue weighted by Gasteiger charge is -2.06. The molecule has 0 fully saturated rings. The van der Waals surface area contributed by atoms with Gasteiger partial charge >= 0.3 is 0 Å². The molecule has 1 aromatic heterocycles. The molecule has 7 heteroatoms. The molecule has 0 aliphatic rings. The van der Waals surface area contributed by atoms with E-state index in [4.69, 9.17) is 10.3 Å². The first-order chi connectivity index (χ1) is 8.66. The van der Waals surface area contributed by atoms with Gasteiger partial charge in [-0.15, -0.1) is 0 Å². The number of rotatable bonds is 4. The van der Waals surface area contributed by atoms with Gasteiger partial charge in [-0.05, 0) is 18.2 Å². The van der Waals surface area contributed by atoms with Crippen LogP contribution in [0.5, 0.6) is 5.75 Å². The van der Waals surface area contributed by atoms with Crippen LogP contribution in [0.2, 0.25) is 0 Å². The van der Waals surface area contributed by atoms with Crippen molar-refractivity contribution in [3.05, 3.63) is 36.0 Å². The minimum absolute atomic E-state index is 0.00810. The first-order valence-corrected chi connectivity index (χ1v) is 5.29. The monoisotopic (exact) mass is 248 g/mol. The molecule has 1 aromatic carbocycles. The molecule has 0 radical (unpaired) electrons. The van der Waals surface area contributed by atoms with Gasteiger partial charge in [-0.3, -0.25) is 4.79 Å². The molecule has 18 heavy (non-hydrogen) atoms. The lowest BCUT2D eigenvalue weighted by molar-refractivity contribution is 0.0954. The van der Waals surface area contributed by atoms with Gasteiger partial charge in [-0.25, -0.2) is 0 Å². The molecule has 0 spiro atoms. The second-order valence-corrected chi connectivity index (χ2v) is 3.61. The van der Waals surface area contributed by atoms with E-state index in [-0.39, 0.29) is 17.2 Å². The number of phenols is 1. The van der Waals surface area contributed by atoms with Gasteiger partial charge in [0.1, 0.15) is 5.75 Å². The van der Waals surface area contributed by atoms with Gasteiger partial charge in [0.15, 0.2) is 6.33 Å². The van der Waals surface area contributed by atoms with Crippen LogP contribution in [-0.2, 0) is 6.42 Å². The van der Waals surface area contributed by atoms with Crippen molar-refractivity contribution in [2.24, 2.45) is 0 Å². The number of amides is 1. The van der Waals surface area contributed by atoms with Crippen molar-refractivity contribution in [3.63, 3.8) is 0 Å². The van der Waals surface area contributed by atoms with Crippen molar-refractivity contribution >= 4 is 11.6 Å². The van der Waals surface area contributed by atoms with E-state index in [0.29, 0.717) is 24.5 Å². The highest BCUT2D eigenvalue weighted by molar-refractivity contribution is 5.99. The van der Waals surface area contributed by atoms with E-state index in [1.54, 1.807) is 0 Å². The maximum atomic E-state index is 11.8. The maximum Gasteiger partial charge on any atom is 0.253 e. The molecule has 0 atom stereocenters. The molecule has 0 saturated heterocycles. The summed E-state index contributed by atoms with van der Waals surface area (Å²) in [5.74, 6) is 0.0772.